The van der Waals surface area contributed by atoms with E-state index in [2.05, 4.69) is 39.0 Å². The van der Waals surface area contributed by atoms with Crippen LogP contribution in [0.5, 0.6) is 0 Å². The number of nitrogens with one attached hydrogen (secondary N) is 1. The summed E-state index contributed by atoms with van der Waals surface area (Å²) in [4.78, 5) is 7.02. The monoisotopic (exact) mass is 463 g/mol. The molecule has 33 heavy (non-hydrogen) atoms. The molecule has 0 aliphatic carbocycles. The van der Waals surface area contributed by atoms with Crippen LogP contribution >= 0.6 is 0 Å². The van der Waals surface area contributed by atoms with E-state index >= 15 is 0 Å². The molecule has 1 atom stereocenters. The molecule has 0 radical (unpaired) electrons. The molecule has 0 saturated carbocycles. The van der Waals surface area contributed by atoms with Crippen molar-refractivity contribution in [2.24, 2.45) is 5.14 Å². The third-order valence-corrected chi connectivity index (χ3v) is 6.40. The number of nitrogens with zero attached hydrogens (tertiary/aromatic N) is 5. The zero-order chi connectivity index (χ0) is 23.0. The molecular weight excluding hydrogens is 442 g/mol. The Morgan fingerprint density at radius 1 is 1.21 bits per heavy atom. The number of pyridine rings is 1. The number of primary sulfonamides is 1. The van der Waals surface area contributed by atoms with Crippen LogP contribution in [0.1, 0.15) is 18.1 Å². The number of sulfonamides is 1. The molecule has 0 unspecified atom stereocenters. The van der Waals surface area contributed by atoms with Crippen molar-refractivity contribution in [2.75, 3.05) is 24.7 Å². The number of fused-ring (bicyclic) bond motifs is 1. The average molecular weight is 464 g/mol. The quantitative estimate of drug-likeness (QED) is 0.439. The van der Waals surface area contributed by atoms with E-state index in [1.807, 2.05) is 6.07 Å². The minimum atomic E-state index is -3.90. The highest BCUT2D eigenvalue weighted by Crippen LogP contribution is 2.26. The Kier molecular flexibility index (Phi) is 5.33. The number of nitrogens with two attached hydrogens (primary N) is 1. The Morgan fingerprint density at radius 2 is 2.03 bits per heavy atom. The van der Waals surface area contributed by atoms with E-state index in [9.17, 15) is 8.42 Å². The summed E-state index contributed by atoms with van der Waals surface area (Å²) in [5, 5.41) is 17.5. The number of aromatic amines is 1. The number of rotatable bonds is 3. The molecule has 4 aromatic rings. The third kappa shape index (κ3) is 4.07. The number of hydrogen-bond donors (Lipinski definition) is 2. The summed E-state index contributed by atoms with van der Waals surface area (Å²) in [5.41, 5.74) is 1.61. The summed E-state index contributed by atoms with van der Waals surface area (Å²) >= 11 is 0. The molecular formula is C22H21N7O3S. The first-order valence-electron chi connectivity index (χ1n) is 10.3. The number of H-pyrrole nitrogens is 1. The van der Waals surface area contributed by atoms with Gasteiger partial charge in [-0.25, -0.2) is 18.5 Å². The lowest BCUT2D eigenvalue weighted by Crippen LogP contribution is -2.44. The van der Waals surface area contributed by atoms with Gasteiger partial charge >= 0.3 is 0 Å². The van der Waals surface area contributed by atoms with E-state index in [1.54, 1.807) is 41.3 Å². The van der Waals surface area contributed by atoms with Gasteiger partial charge in [0.1, 0.15) is 5.82 Å². The van der Waals surface area contributed by atoms with Crippen LogP contribution in [0.2, 0.25) is 0 Å². The molecule has 168 valence electrons. The van der Waals surface area contributed by atoms with Gasteiger partial charge in [0.15, 0.2) is 11.5 Å². The van der Waals surface area contributed by atoms with Crippen molar-refractivity contribution in [1.29, 1.82) is 0 Å². The van der Waals surface area contributed by atoms with E-state index in [1.165, 1.54) is 6.07 Å². The van der Waals surface area contributed by atoms with Crippen molar-refractivity contribution in [3.05, 3.63) is 59.9 Å². The molecule has 1 aliphatic rings. The van der Waals surface area contributed by atoms with Crippen LogP contribution in [0.4, 0.5) is 5.82 Å². The summed E-state index contributed by atoms with van der Waals surface area (Å²) < 4.78 is 31.2. The summed E-state index contributed by atoms with van der Waals surface area (Å²) in [6, 6.07) is 10.2. The van der Waals surface area contributed by atoms with Gasteiger partial charge in [0.25, 0.3) is 0 Å². The van der Waals surface area contributed by atoms with Crippen molar-refractivity contribution >= 4 is 26.9 Å². The molecule has 10 nitrogen and oxygen atoms in total. The van der Waals surface area contributed by atoms with Gasteiger partial charge in [-0.2, -0.15) is 14.9 Å². The highest BCUT2D eigenvalue weighted by atomic mass is 32.2. The van der Waals surface area contributed by atoms with Gasteiger partial charge in [0, 0.05) is 23.7 Å². The number of aromatic nitrogens is 5. The normalized spacial score (nSPS) is 16.5. The first-order valence-corrected chi connectivity index (χ1v) is 11.8. The minimum absolute atomic E-state index is 0.0158. The number of hydrogen-bond acceptors (Lipinski definition) is 7. The maximum absolute atomic E-state index is 12.0. The van der Waals surface area contributed by atoms with E-state index in [0.717, 1.165) is 11.2 Å². The van der Waals surface area contributed by atoms with Gasteiger partial charge in [-0.05, 0) is 25.1 Å². The van der Waals surface area contributed by atoms with Gasteiger partial charge in [-0.1, -0.05) is 24.0 Å². The summed E-state index contributed by atoms with van der Waals surface area (Å²) in [6.45, 7) is 3.97. The second kappa shape index (κ2) is 8.32. The third-order valence-electron chi connectivity index (χ3n) is 5.43. The van der Waals surface area contributed by atoms with Gasteiger partial charge in [0.05, 0.1) is 41.9 Å². The molecule has 5 rings (SSSR count). The maximum atomic E-state index is 12.0. The van der Waals surface area contributed by atoms with Crippen LogP contribution in [0, 0.1) is 11.8 Å². The molecule has 1 aromatic carbocycles. The lowest BCUT2D eigenvalue weighted by molar-refractivity contribution is 0.0985. The van der Waals surface area contributed by atoms with Crippen LogP contribution < -0.4 is 10.0 Å². The molecule has 1 aliphatic heterocycles. The molecule has 11 heteroatoms. The summed E-state index contributed by atoms with van der Waals surface area (Å²) in [7, 11) is -3.90. The average Bonchev–Trinajstić information content (AvgIpc) is 3.47. The Bertz CT molecular complexity index is 1480. The predicted molar refractivity (Wildman–Crippen MR) is 122 cm³/mol. The fourth-order valence-corrected chi connectivity index (χ4v) is 4.49. The number of ether oxygens (including phenoxy) is 1. The largest absolute Gasteiger partial charge is 0.377 e. The second-order valence-corrected chi connectivity index (χ2v) is 9.20. The standard InChI is InChI=1S/C22H21N7O3S/c1-15-14-32-11-10-28(15)21-12-17(7-6-16-4-2-3-5-19(16)33(23,30)31)18-13-25-29(22(18)26-21)20-8-9-24-27-20/h2-5,8-9,12-13,15H,10-11,14H2,1H3,(H,24,27)(H2,23,30,31)/t15-/m1/s1. The fourth-order valence-electron chi connectivity index (χ4n) is 3.80. The first-order chi connectivity index (χ1) is 15.9. The fraction of sp³-hybridized carbons (Fsp3) is 0.227. The molecule has 0 spiro atoms. The van der Waals surface area contributed by atoms with Gasteiger partial charge in [-0.3, -0.25) is 5.10 Å². The SMILES string of the molecule is C[C@@H]1COCCN1c1cc(C#Cc2ccccc2S(N)(=O)=O)c2cnn(-c3ccn[nH]3)c2n1. The van der Waals surface area contributed by atoms with Crippen LogP contribution in [-0.2, 0) is 14.8 Å². The Labute approximate surface area is 190 Å². The Morgan fingerprint density at radius 3 is 2.79 bits per heavy atom. The van der Waals surface area contributed by atoms with Crippen molar-refractivity contribution in [1.82, 2.24) is 25.0 Å². The molecule has 4 heterocycles. The van der Waals surface area contributed by atoms with E-state index in [4.69, 9.17) is 14.9 Å². The zero-order valence-electron chi connectivity index (χ0n) is 17.8. The van der Waals surface area contributed by atoms with Crippen molar-refractivity contribution in [3.63, 3.8) is 0 Å². The summed E-state index contributed by atoms with van der Waals surface area (Å²) in [6.07, 6.45) is 3.33. The minimum Gasteiger partial charge on any atom is -0.377 e. The first kappa shape index (κ1) is 21.1. The van der Waals surface area contributed by atoms with Gasteiger partial charge in [0.2, 0.25) is 10.0 Å². The van der Waals surface area contributed by atoms with Gasteiger partial charge in [-0.15, -0.1) is 0 Å². The number of morpholine rings is 1. The van der Waals surface area contributed by atoms with E-state index in [-0.39, 0.29) is 10.9 Å². The van der Waals surface area contributed by atoms with E-state index < -0.39 is 10.0 Å². The number of anilines is 1. The zero-order valence-corrected chi connectivity index (χ0v) is 18.6. The van der Waals surface area contributed by atoms with Crippen LogP contribution in [0.15, 0.2) is 53.7 Å². The molecule has 0 amide bonds. The van der Waals surface area contributed by atoms with E-state index in [0.29, 0.717) is 42.4 Å². The Balaban J connectivity index is 1.69. The van der Waals surface area contributed by atoms with Crippen molar-refractivity contribution in [3.8, 4) is 17.7 Å². The lowest BCUT2D eigenvalue weighted by Gasteiger charge is -2.34. The molecule has 3 N–H and O–H groups in total. The van der Waals surface area contributed by atoms with Crippen LogP contribution in [0.3, 0.4) is 0 Å². The second-order valence-electron chi connectivity index (χ2n) is 7.67. The van der Waals surface area contributed by atoms with Crippen LogP contribution in [-0.4, -0.2) is 59.2 Å². The maximum Gasteiger partial charge on any atom is 0.239 e. The summed E-state index contributed by atoms with van der Waals surface area (Å²) in [5.74, 6) is 7.51. The topological polar surface area (TPSA) is 132 Å². The smallest absolute Gasteiger partial charge is 0.239 e. The molecule has 3 aromatic heterocycles. The van der Waals surface area contributed by atoms with Gasteiger partial charge < -0.3 is 9.64 Å². The van der Waals surface area contributed by atoms with Crippen LogP contribution in [0.25, 0.3) is 16.9 Å². The molecule has 1 saturated heterocycles. The number of benzene rings is 1. The van der Waals surface area contributed by atoms with Crippen molar-refractivity contribution in [2.45, 2.75) is 17.9 Å². The lowest BCUT2D eigenvalue weighted by atomic mass is 10.1. The van der Waals surface area contributed by atoms with Crippen molar-refractivity contribution < 1.29 is 13.2 Å². The molecule has 1 fully saturated rings. The molecule has 0 bridgehead atoms. The predicted octanol–water partition coefficient (Wildman–Crippen LogP) is 1.42. The Hall–Kier alpha value is -3.72. The highest BCUT2D eigenvalue weighted by molar-refractivity contribution is 7.89. The highest BCUT2D eigenvalue weighted by Gasteiger charge is 2.23.